The molecular formula is C14H18N2O2. The molecule has 2 N–H and O–H groups in total. The number of carbonyl (C=O) groups is 2. The van der Waals surface area contributed by atoms with Gasteiger partial charge >= 0.3 is 0 Å². The number of rotatable bonds is 3. The number of primary amides is 1. The van der Waals surface area contributed by atoms with E-state index in [0.29, 0.717) is 0 Å². The molecule has 4 heteroatoms. The minimum atomic E-state index is -0.422. The Labute approximate surface area is 107 Å². The summed E-state index contributed by atoms with van der Waals surface area (Å²) >= 11 is 0. The minimum absolute atomic E-state index is 0.0556. The lowest BCUT2D eigenvalue weighted by molar-refractivity contribution is -0.123. The molecule has 0 aliphatic rings. The van der Waals surface area contributed by atoms with Crippen LogP contribution in [-0.4, -0.2) is 30.8 Å². The van der Waals surface area contributed by atoms with E-state index in [0.717, 1.165) is 5.56 Å². The standard InChI is InChI=1S/C9H9NO.C5H9NO/c10-9(11)7-6-8-4-2-1-3-5-8;1-4-5(7)6(2)3/h1-7H,(H2,10,11);4H,1H2,2-3H3. The lowest BCUT2D eigenvalue weighted by atomic mass is 10.2. The largest absolute Gasteiger partial charge is 0.366 e. The van der Waals surface area contributed by atoms with Crippen molar-refractivity contribution < 1.29 is 9.59 Å². The van der Waals surface area contributed by atoms with Crippen molar-refractivity contribution in [3.8, 4) is 0 Å². The first-order chi connectivity index (χ1) is 8.47. The summed E-state index contributed by atoms with van der Waals surface area (Å²) in [6.07, 6.45) is 4.30. The molecular weight excluding hydrogens is 228 g/mol. The predicted molar refractivity (Wildman–Crippen MR) is 73.6 cm³/mol. The average molecular weight is 246 g/mol. The molecule has 0 atom stereocenters. The summed E-state index contributed by atoms with van der Waals surface area (Å²) in [6.45, 7) is 3.29. The van der Waals surface area contributed by atoms with Gasteiger partial charge in [-0.1, -0.05) is 36.9 Å². The number of benzene rings is 1. The van der Waals surface area contributed by atoms with Crippen molar-refractivity contribution in [3.05, 3.63) is 54.6 Å². The van der Waals surface area contributed by atoms with Crippen molar-refractivity contribution in [2.75, 3.05) is 14.1 Å². The smallest absolute Gasteiger partial charge is 0.245 e. The van der Waals surface area contributed by atoms with Gasteiger partial charge < -0.3 is 10.6 Å². The summed E-state index contributed by atoms with van der Waals surface area (Å²) in [6, 6.07) is 9.53. The maximum atomic E-state index is 10.3. The number of hydrogen-bond acceptors (Lipinski definition) is 2. The normalized spacial score (nSPS) is 9.22. The van der Waals surface area contributed by atoms with Crippen LogP contribution in [0.3, 0.4) is 0 Å². The van der Waals surface area contributed by atoms with Gasteiger partial charge in [-0.25, -0.2) is 0 Å². The zero-order chi connectivity index (χ0) is 14.0. The van der Waals surface area contributed by atoms with Crippen molar-refractivity contribution in [2.45, 2.75) is 0 Å². The summed E-state index contributed by atoms with van der Waals surface area (Å²) in [5, 5.41) is 0. The fourth-order valence-electron chi connectivity index (χ4n) is 0.925. The van der Waals surface area contributed by atoms with Crippen LogP contribution in [0.25, 0.3) is 6.08 Å². The molecule has 18 heavy (non-hydrogen) atoms. The highest BCUT2D eigenvalue weighted by atomic mass is 16.2. The van der Waals surface area contributed by atoms with Crippen LogP contribution >= 0.6 is 0 Å². The van der Waals surface area contributed by atoms with Gasteiger partial charge in [0.1, 0.15) is 0 Å². The lowest BCUT2D eigenvalue weighted by Crippen LogP contribution is -2.18. The number of amides is 2. The molecule has 96 valence electrons. The first-order valence-electron chi connectivity index (χ1n) is 5.33. The van der Waals surface area contributed by atoms with E-state index >= 15 is 0 Å². The topological polar surface area (TPSA) is 63.4 Å². The van der Waals surface area contributed by atoms with Crippen LogP contribution < -0.4 is 5.73 Å². The van der Waals surface area contributed by atoms with Gasteiger partial charge in [0.15, 0.2) is 0 Å². The Bertz CT molecular complexity index is 423. The molecule has 0 fully saturated rings. The van der Waals surface area contributed by atoms with Crippen molar-refractivity contribution in [3.63, 3.8) is 0 Å². The molecule has 0 unspecified atom stereocenters. The molecule has 0 aliphatic heterocycles. The number of nitrogens with two attached hydrogens (primary N) is 1. The molecule has 2 amide bonds. The lowest BCUT2D eigenvalue weighted by Gasteiger charge is -2.03. The van der Waals surface area contributed by atoms with Gasteiger partial charge in [0.2, 0.25) is 11.8 Å². The number of carbonyl (C=O) groups excluding carboxylic acids is 2. The van der Waals surface area contributed by atoms with E-state index < -0.39 is 5.91 Å². The van der Waals surface area contributed by atoms with E-state index in [1.807, 2.05) is 30.3 Å². The number of nitrogens with zero attached hydrogens (tertiary/aromatic N) is 1. The highest BCUT2D eigenvalue weighted by molar-refractivity contribution is 5.90. The van der Waals surface area contributed by atoms with Crippen molar-refractivity contribution in [2.24, 2.45) is 5.73 Å². The predicted octanol–water partition coefficient (Wildman–Crippen LogP) is 1.45. The molecule has 4 nitrogen and oxygen atoms in total. The Balaban J connectivity index is 0.000000360. The van der Waals surface area contributed by atoms with Gasteiger partial charge in [-0.05, 0) is 17.7 Å². The second kappa shape index (κ2) is 8.75. The molecule has 0 bridgehead atoms. The molecule has 0 spiro atoms. The highest BCUT2D eigenvalue weighted by Gasteiger charge is 1.91. The molecule has 0 aliphatic carbocycles. The first kappa shape index (κ1) is 15.6. The van der Waals surface area contributed by atoms with Crippen LogP contribution in [0.2, 0.25) is 0 Å². The summed E-state index contributed by atoms with van der Waals surface area (Å²) < 4.78 is 0. The van der Waals surface area contributed by atoms with Gasteiger partial charge in [0, 0.05) is 20.2 Å². The second-order valence-corrected chi connectivity index (χ2v) is 3.58. The maximum absolute atomic E-state index is 10.3. The van der Waals surface area contributed by atoms with E-state index in [4.69, 9.17) is 5.73 Å². The van der Waals surface area contributed by atoms with Crippen molar-refractivity contribution >= 4 is 17.9 Å². The van der Waals surface area contributed by atoms with Crippen LogP contribution in [0.4, 0.5) is 0 Å². The summed E-state index contributed by atoms with van der Waals surface area (Å²) in [4.78, 5) is 22.1. The van der Waals surface area contributed by atoms with Crippen LogP contribution in [0, 0.1) is 0 Å². The summed E-state index contributed by atoms with van der Waals surface area (Å²) in [5.74, 6) is -0.478. The fourth-order valence-corrected chi connectivity index (χ4v) is 0.925. The van der Waals surface area contributed by atoms with Crippen LogP contribution in [0.15, 0.2) is 49.1 Å². The van der Waals surface area contributed by atoms with E-state index in [-0.39, 0.29) is 5.91 Å². The van der Waals surface area contributed by atoms with E-state index in [1.165, 1.54) is 17.1 Å². The second-order valence-electron chi connectivity index (χ2n) is 3.58. The van der Waals surface area contributed by atoms with Crippen molar-refractivity contribution in [1.82, 2.24) is 4.90 Å². The van der Waals surface area contributed by atoms with E-state index in [2.05, 4.69) is 6.58 Å². The third kappa shape index (κ3) is 7.87. The average Bonchev–Trinajstić information content (AvgIpc) is 2.37. The van der Waals surface area contributed by atoms with Gasteiger partial charge in [-0.2, -0.15) is 0 Å². The SMILES string of the molecule is C=CC(=O)N(C)C.NC(=O)C=Cc1ccccc1. The fraction of sp³-hybridized carbons (Fsp3) is 0.143. The Morgan fingerprint density at radius 3 is 2.11 bits per heavy atom. The number of likely N-dealkylation sites (N-methyl/N-ethyl adjacent to an activating group) is 1. The third-order valence-corrected chi connectivity index (χ3v) is 1.86. The quantitative estimate of drug-likeness (QED) is 0.820. The summed E-state index contributed by atoms with van der Waals surface area (Å²) in [5.41, 5.74) is 5.89. The molecule has 0 saturated heterocycles. The molecule has 0 heterocycles. The summed E-state index contributed by atoms with van der Waals surface area (Å²) in [7, 11) is 3.37. The molecule has 1 aromatic carbocycles. The van der Waals surface area contributed by atoms with Crippen molar-refractivity contribution in [1.29, 1.82) is 0 Å². The highest BCUT2D eigenvalue weighted by Crippen LogP contribution is 1.99. The van der Waals surface area contributed by atoms with Gasteiger partial charge in [-0.3, -0.25) is 9.59 Å². The molecule has 0 aromatic heterocycles. The zero-order valence-corrected chi connectivity index (χ0v) is 10.7. The van der Waals surface area contributed by atoms with Gasteiger partial charge in [0.25, 0.3) is 0 Å². The van der Waals surface area contributed by atoms with Crippen LogP contribution in [0.1, 0.15) is 5.56 Å². The maximum Gasteiger partial charge on any atom is 0.245 e. The van der Waals surface area contributed by atoms with E-state index in [9.17, 15) is 9.59 Å². The Morgan fingerprint density at radius 1 is 1.22 bits per heavy atom. The van der Waals surface area contributed by atoms with Gasteiger partial charge in [-0.15, -0.1) is 0 Å². The van der Waals surface area contributed by atoms with Gasteiger partial charge in [0.05, 0.1) is 0 Å². The van der Waals surface area contributed by atoms with Crippen LogP contribution in [0.5, 0.6) is 0 Å². The third-order valence-electron chi connectivity index (χ3n) is 1.86. The number of hydrogen-bond donors (Lipinski definition) is 1. The van der Waals surface area contributed by atoms with E-state index in [1.54, 1.807) is 20.2 Å². The molecule has 0 radical (unpaired) electrons. The molecule has 1 aromatic rings. The minimum Gasteiger partial charge on any atom is -0.366 e. The molecule has 1 rings (SSSR count). The Kier molecular flexibility index (Phi) is 7.61. The van der Waals surface area contributed by atoms with Crippen LogP contribution in [-0.2, 0) is 9.59 Å². The molecule has 0 saturated carbocycles. The zero-order valence-electron chi connectivity index (χ0n) is 10.7. The Morgan fingerprint density at radius 2 is 1.78 bits per heavy atom. The Hall–Kier alpha value is -2.36. The monoisotopic (exact) mass is 246 g/mol. The first-order valence-corrected chi connectivity index (χ1v) is 5.33.